The second-order valence-corrected chi connectivity index (χ2v) is 3.59. The second kappa shape index (κ2) is 6.53. The van der Waals surface area contributed by atoms with Gasteiger partial charge in [0.05, 0.1) is 0 Å². The number of hydrogen-bond donors (Lipinski definition) is 1. The van der Waals surface area contributed by atoms with Crippen molar-refractivity contribution in [1.29, 1.82) is 0 Å². The third kappa shape index (κ3) is 3.61. The zero-order valence-electron chi connectivity index (χ0n) is 9.08. The maximum Gasteiger partial charge on any atom is 0.126 e. The Balaban J connectivity index is 2.61. The number of hydrogen-bond acceptors (Lipinski definition) is 2. The van der Waals surface area contributed by atoms with Crippen LogP contribution in [-0.4, -0.2) is 20.3 Å². The summed E-state index contributed by atoms with van der Waals surface area (Å²) in [6.07, 6.45) is 1.78. The van der Waals surface area contributed by atoms with E-state index in [1.807, 2.05) is 6.07 Å². The summed E-state index contributed by atoms with van der Waals surface area (Å²) in [7, 11) is 1.67. The molecule has 3 heteroatoms. The summed E-state index contributed by atoms with van der Waals surface area (Å²) in [6, 6.07) is 6.83. The maximum atomic E-state index is 13.4. The lowest BCUT2D eigenvalue weighted by molar-refractivity contribution is 0.190. The van der Waals surface area contributed by atoms with Gasteiger partial charge in [-0.2, -0.15) is 0 Å². The fourth-order valence-electron chi connectivity index (χ4n) is 1.68. The molecule has 1 atom stereocenters. The Hall–Kier alpha value is -0.930. The molecule has 0 spiro atoms. The number of methoxy groups -OCH3 is 1. The molecule has 2 nitrogen and oxygen atoms in total. The molecule has 0 radical (unpaired) electrons. The zero-order chi connectivity index (χ0) is 11.1. The smallest absolute Gasteiger partial charge is 0.126 e. The van der Waals surface area contributed by atoms with Gasteiger partial charge in [0, 0.05) is 13.7 Å². The largest absolute Gasteiger partial charge is 0.385 e. The van der Waals surface area contributed by atoms with Crippen LogP contribution in [0.2, 0.25) is 0 Å². The first kappa shape index (κ1) is 12.1. The van der Waals surface area contributed by atoms with Gasteiger partial charge >= 0.3 is 0 Å². The van der Waals surface area contributed by atoms with E-state index in [1.54, 1.807) is 19.2 Å². The number of rotatable bonds is 6. The molecule has 2 N–H and O–H groups in total. The highest BCUT2D eigenvalue weighted by Gasteiger charge is 2.12. The number of halogens is 1. The lowest BCUT2D eigenvalue weighted by Crippen LogP contribution is -2.14. The minimum absolute atomic E-state index is 0.0985. The van der Waals surface area contributed by atoms with Crippen LogP contribution in [0.15, 0.2) is 24.3 Å². The number of benzene rings is 1. The van der Waals surface area contributed by atoms with Gasteiger partial charge in [0.1, 0.15) is 5.82 Å². The second-order valence-electron chi connectivity index (χ2n) is 3.59. The summed E-state index contributed by atoms with van der Waals surface area (Å²) in [6.45, 7) is 1.18. The van der Waals surface area contributed by atoms with Gasteiger partial charge in [0.25, 0.3) is 0 Å². The van der Waals surface area contributed by atoms with Gasteiger partial charge in [0.15, 0.2) is 0 Å². The molecule has 0 aromatic heterocycles. The van der Waals surface area contributed by atoms with Crippen LogP contribution in [-0.2, 0) is 4.74 Å². The van der Waals surface area contributed by atoms with Crippen LogP contribution in [0.3, 0.4) is 0 Å². The molecule has 15 heavy (non-hydrogen) atoms. The molecule has 1 aromatic rings. The maximum absolute atomic E-state index is 13.4. The molecular weight excluding hydrogens is 193 g/mol. The van der Waals surface area contributed by atoms with Gasteiger partial charge in [0.2, 0.25) is 0 Å². The Morgan fingerprint density at radius 2 is 2.13 bits per heavy atom. The van der Waals surface area contributed by atoms with Gasteiger partial charge < -0.3 is 10.5 Å². The van der Waals surface area contributed by atoms with Crippen LogP contribution in [0.4, 0.5) is 4.39 Å². The van der Waals surface area contributed by atoms with Crippen molar-refractivity contribution in [2.24, 2.45) is 5.73 Å². The van der Waals surface area contributed by atoms with E-state index in [9.17, 15) is 4.39 Å². The fourth-order valence-corrected chi connectivity index (χ4v) is 1.68. The van der Waals surface area contributed by atoms with Gasteiger partial charge in [-0.15, -0.1) is 0 Å². The molecule has 0 aliphatic carbocycles. The minimum atomic E-state index is -0.162. The summed E-state index contributed by atoms with van der Waals surface area (Å²) in [5.41, 5.74) is 6.37. The topological polar surface area (TPSA) is 35.2 Å². The lowest BCUT2D eigenvalue weighted by Gasteiger charge is -2.15. The van der Waals surface area contributed by atoms with Crippen molar-refractivity contribution in [2.75, 3.05) is 20.3 Å². The molecule has 0 aliphatic heterocycles. The van der Waals surface area contributed by atoms with E-state index in [0.29, 0.717) is 13.2 Å². The predicted molar refractivity (Wildman–Crippen MR) is 59.3 cm³/mol. The lowest BCUT2D eigenvalue weighted by atomic mass is 9.94. The van der Waals surface area contributed by atoms with Crippen molar-refractivity contribution >= 4 is 0 Å². The summed E-state index contributed by atoms with van der Waals surface area (Å²) >= 11 is 0. The van der Waals surface area contributed by atoms with Crippen LogP contribution in [0.25, 0.3) is 0 Å². The van der Waals surface area contributed by atoms with E-state index in [0.717, 1.165) is 18.4 Å². The van der Waals surface area contributed by atoms with Crippen molar-refractivity contribution in [3.05, 3.63) is 35.6 Å². The van der Waals surface area contributed by atoms with Gasteiger partial charge in [-0.1, -0.05) is 18.2 Å². The van der Waals surface area contributed by atoms with E-state index >= 15 is 0 Å². The number of ether oxygens (including phenoxy) is 1. The average molecular weight is 211 g/mol. The van der Waals surface area contributed by atoms with Gasteiger partial charge in [-0.05, 0) is 36.9 Å². The predicted octanol–water partition coefficient (Wildman–Crippen LogP) is 2.29. The SMILES string of the molecule is COCCCC(CN)c1ccccc1F. The average Bonchev–Trinajstić information content (AvgIpc) is 2.26. The summed E-state index contributed by atoms with van der Waals surface area (Å²) in [5.74, 6) is -0.0632. The van der Waals surface area contributed by atoms with E-state index < -0.39 is 0 Å². The fraction of sp³-hybridized carbons (Fsp3) is 0.500. The highest BCUT2D eigenvalue weighted by molar-refractivity contribution is 5.21. The van der Waals surface area contributed by atoms with E-state index in [2.05, 4.69) is 0 Å². The standard InChI is InChI=1S/C12H18FNO/c1-15-8-4-5-10(9-14)11-6-2-3-7-12(11)13/h2-3,6-7,10H,4-5,8-9,14H2,1H3. The zero-order valence-corrected chi connectivity index (χ0v) is 9.08. The number of nitrogens with two attached hydrogens (primary N) is 1. The van der Waals surface area contributed by atoms with Crippen molar-refractivity contribution in [3.63, 3.8) is 0 Å². The first-order valence-corrected chi connectivity index (χ1v) is 5.23. The molecular formula is C12H18FNO. The summed E-state index contributed by atoms with van der Waals surface area (Å²) in [5, 5.41) is 0. The quantitative estimate of drug-likeness (QED) is 0.733. The van der Waals surface area contributed by atoms with Gasteiger partial charge in [-0.25, -0.2) is 4.39 Å². The van der Waals surface area contributed by atoms with Crippen molar-refractivity contribution < 1.29 is 9.13 Å². The first-order valence-electron chi connectivity index (χ1n) is 5.23. The molecule has 1 rings (SSSR count). The third-order valence-corrected chi connectivity index (χ3v) is 2.53. The first-order chi connectivity index (χ1) is 7.29. The Morgan fingerprint density at radius 3 is 2.73 bits per heavy atom. The van der Waals surface area contributed by atoms with Crippen LogP contribution < -0.4 is 5.73 Å². The molecule has 0 saturated heterocycles. The van der Waals surface area contributed by atoms with Crippen molar-refractivity contribution in [2.45, 2.75) is 18.8 Å². The van der Waals surface area contributed by atoms with Crippen LogP contribution in [0.5, 0.6) is 0 Å². The van der Waals surface area contributed by atoms with Crippen LogP contribution in [0.1, 0.15) is 24.3 Å². The highest BCUT2D eigenvalue weighted by atomic mass is 19.1. The summed E-state index contributed by atoms with van der Waals surface area (Å²) < 4.78 is 18.4. The molecule has 0 bridgehead atoms. The van der Waals surface area contributed by atoms with Crippen molar-refractivity contribution in [3.8, 4) is 0 Å². The Kier molecular flexibility index (Phi) is 5.29. The molecule has 84 valence electrons. The molecule has 0 heterocycles. The molecule has 1 aromatic carbocycles. The highest BCUT2D eigenvalue weighted by Crippen LogP contribution is 2.22. The van der Waals surface area contributed by atoms with Gasteiger partial charge in [-0.3, -0.25) is 0 Å². The molecule has 1 unspecified atom stereocenters. The van der Waals surface area contributed by atoms with Crippen LogP contribution in [0, 0.1) is 5.82 Å². The molecule has 0 aliphatic rings. The monoisotopic (exact) mass is 211 g/mol. The van der Waals surface area contributed by atoms with Crippen LogP contribution >= 0.6 is 0 Å². The molecule has 0 fully saturated rings. The van der Waals surface area contributed by atoms with E-state index in [4.69, 9.17) is 10.5 Å². The van der Waals surface area contributed by atoms with E-state index in [1.165, 1.54) is 6.07 Å². The minimum Gasteiger partial charge on any atom is -0.385 e. The molecule has 0 amide bonds. The normalized spacial score (nSPS) is 12.7. The Labute approximate surface area is 90.2 Å². The Bertz CT molecular complexity index is 291. The summed E-state index contributed by atoms with van der Waals surface area (Å²) in [4.78, 5) is 0. The Morgan fingerprint density at radius 1 is 1.40 bits per heavy atom. The third-order valence-electron chi connectivity index (χ3n) is 2.53. The van der Waals surface area contributed by atoms with Crippen molar-refractivity contribution in [1.82, 2.24) is 0 Å². The molecule has 0 saturated carbocycles. The van der Waals surface area contributed by atoms with E-state index in [-0.39, 0.29) is 11.7 Å².